The summed E-state index contributed by atoms with van der Waals surface area (Å²) < 4.78 is 2.90. The van der Waals surface area contributed by atoms with Crippen molar-refractivity contribution in [3.05, 3.63) is 41.5 Å². The number of fused-ring (bicyclic) bond motifs is 1. The van der Waals surface area contributed by atoms with Gasteiger partial charge in [0.1, 0.15) is 12.1 Å². The van der Waals surface area contributed by atoms with Gasteiger partial charge in [-0.05, 0) is 34.5 Å². The first-order chi connectivity index (χ1) is 11.3. The van der Waals surface area contributed by atoms with Crippen molar-refractivity contribution in [2.75, 3.05) is 36.0 Å². The van der Waals surface area contributed by atoms with Crippen molar-refractivity contribution < 1.29 is 0 Å². The standard InChI is InChI=1S/C15H16BrN7/c16-12-2-3-13(18-10-12)21-5-1-6-22(9-8-21)14-15-20-19-11-23(15)7-4-17-14/h2-4,7,10-11H,1,5-6,8-9H2. The molecule has 0 radical (unpaired) electrons. The van der Waals surface area contributed by atoms with E-state index in [4.69, 9.17) is 0 Å². The topological polar surface area (TPSA) is 62.5 Å². The Kier molecular flexibility index (Phi) is 3.82. The minimum Gasteiger partial charge on any atom is -0.355 e. The van der Waals surface area contributed by atoms with Crippen LogP contribution in [0.5, 0.6) is 0 Å². The highest BCUT2D eigenvalue weighted by Gasteiger charge is 2.19. The van der Waals surface area contributed by atoms with Crippen molar-refractivity contribution in [2.24, 2.45) is 0 Å². The first-order valence-electron chi connectivity index (χ1n) is 7.57. The number of aromatic nitrogens is 5. The molecule has 3 aromatic heterocycles. The molecule has 0 aromatic carbocycles. The summed E-state index contributed by atoms with van der Waals surface area (Å²) in [6, 6.07) is 4.08. The molecule has 3 aromatic rings. The second kappa shape index (κ2) is 6.11. The average molecular weight is 374 g/mol. The molecule has 1 aliphatic heterocycles. The summed E-state index contributed by atoms with van der Waals surface area (Å²) in [4.78, 5) is 13.6. The van der Waals surface area contributed by atoms with Crippen molar-refractivity contribution in [3.63, 3.8) is 0 Å². The van der Waals surface area contributed by atoms with Crippen LogP contribution in [0.1, 0.15) is 6.42 Å². The van der Waals surface area contributed by atoms with Crippen LogP contribution in [0.3, 0.4) is 0 Å². The highest BCUT2D eigenvalue weighted by molar-refractivity contribution is 9.10. The lowest BCUT2D eigenvalue weighted by molar-refractivity contribution is 0.793. The molecular formula is C15H16BrN7. The monoisotopic (exact) mass is 373 g/mol. The zero-order valence-electron chi connectivity index (χ0n) is 12.5. The Balaban J connectivity index is 1.55. The van der Waals surface area contributed by atoms with Gasteiger partial charge in [0.2, 0.25) is 5.65 Å². The van der Waals surface area contributed by atoms with Crippen LogP contribution in [0.25, 0.3) is 5.65 Å². The number of nitrogens with zero attached hydrogens (tertiary/aromatic N) is 7. The molecule has 0 atom stereocenters. The normalized spacial score (nSPS) is 15.9. The molecule has 4 heterocycles. The lowest BCUT2D eigenvalue weighted by atomic mass is 10.3. The Bertz CT molecular complexity index is 801. The van der Waals surface area contributed by atoms with E-state index in [1.807, 2.05) is 22.9 Å². The molecule has 0 spiro atoms. The number of halogens is 1. The molecule has 1 saturated heterocycles. The number of hydrogen-bond donors (Lipinski definition) is 0. The summed E-state index contributed by atoms with van der Waals surface area (Å²) in [5, 5.41) is 8.16. The van der Waals surface area contributed by atoms with Gasteiger partial charge in [-0.15, -0.1) is 10.2 Å². The molecule has 1 aliphatic rings. The van der Waals surface area contributed by atoms with E-state index < -0.39 is 0 Å². The Morgan fingerprint density at radius 1 is 1.00 bits per heavy atom. The molecule has 4 rings (SSSR count). The van der Waals surface area contributed by atoms with E-state index >= 15 is 0 Å². The maximum atomic E-state index is 4.52. The van der Waals surface area contributed by atoms with E-state index in [2.05, 4.69) is 52.0 Å². The smallest absolute Gasteiger partial charge is 0.203 e. The van der Waals surface area contributed by atoms with Crippen LogP contribution in [0.2, 0.25) is 0 Å². The lowest BCUT2D eigenvalue weighted by Crippen LogP contribution is -2.31. The third-order valence-corrected chi connectivity index (χ3v) is 4.50. The molecule has 8 heteroatoms. The molecule has 118 valence electrons. The largest absolute Gasteiger partial charge is 0.355 e. The fourth-order valence-electron chi connectivity index (χ4n) is 2.88. The van der Waals surface area contributed by atoms with Crippen molar-refractivity contribution in [2.45, 2.75) is 6.42 Å². The van der Waals surface area contributed by atoms with E-state index in [9.17, 15) is 0 Å². The summed E-state index contributed by atoms with van der Waals surface area (Å²) in [5.41, 5.74) is 0.808. The fourth-order valence-corrected chi connectivity index (χ4v) is 3.12. The van der Waals surface area contributed by atoms with Crippen molar-refractivity contribution in [3.8, 4) is 0 Å². The second-order valence-corrected chi connectivity index (χ2v) is 6.39. The van der Waals surface area contributed by atoms with Crippen molar-refractivity contribution in [1.82, 2.24) is 24.6 Å². The Hall–Kier alpha value is -2.22. The summed E-state index contributed by atoms with van der Waals surface area (Å²) in [6.45, 7) is 3.73. The first kappa shape index (κ1) is 14.4. The first-order valence-corrected chi connectivity index (χ1v) is 8.36. The number of hydrogen-bond acceptors (Lipinski definition) is 6. The van der Waals surface area contributed by atoms with Crippen LogP contribution in [0.4, 0.5) is 11.6 Å². The van der Waals surface area contributed by atoms with Gasteiger partial charge in [0.05, 0.1) is 0 Å². The maximum Gasteiger partial charge on any atom is 0.203 e. The summed E-state index contributed by atoms with van der Waals surface area (Å²) >= 11 is 3.43. The SMILES string of the molecule is Brc1ccc(N2CCCN(c3nccn4cnnc34)CC2)nc1. The van der Waals surface area contributed by atoms with Gasteiger partial charge in [0.15, 0.2) is 5.82 Å². The molecule has 7 nitrogen and oxygen atoms in total. The minimum atomic E-state index is 0.808. The van der Waals surface area contributed by atoms with E-state index in [-0.39, 0.29) is 0 Å². The molecule has 0 saturated carbocycles. The average Bonchev–Trinajstić information content (AvgIpc) is 2.93. The van der Waals surface area contributed by atoms with E-state index in [1.165, 1.54) is 0 Å². The highest BCUT2D eigenvalue weighted by Crippen LogP contribution is 2.21. The predicted octanol–water partition coefficient (Wildman–Crippen LogP) is 2.00. The van der Waals surface area contributed by atoms with Gasteiger partial charge >= 0.3 is 0 Å². The van der Waals surface area contributed by atoms with E-state index in [0.717, 1.165) is 54.4 Å². The summed E-state index contributed by atoms with van der Waals surface area (Å²) in [7, 11) is 0. The van der Waals surface area contributed by atoms with Crippen LogP contribution in [0, 0.1) is 0 Å². The quantitative estimate of drug-likeness (QED) is 0.684. The van der Waals surface area contributed by atoms with Crippen LogP contribution in [0.15, 0.2) is 41.5 Å². The summed E-state index contributed by atoms with van der Waals surface area (Å²) in [5.74, 6) is 1.92. The second-order valence-electron chi connectivity index (χ2n) is 5.47. The molecule has 0 unspecified atom stereocenters. The van der Waals surface area contributed by atoms with Crippen LogP contribution in [-0.2, 0) is 0 Å². The number of anilines is 2. The Labute approximate surface area is 142 Å². The molecule has 0 bridgehead atoms. The van der Waals surface area contributed by atoms with Gasteiger partial charge in [-0.1, -0.05) is 0 Å². The maximum absolute atomic E-state index is 4.52. The van der Waals surface area contributed by atoms with Crippen LogP contribution >= 0.6 is 15.9 Å². The molecular weight excluding hydrogens is 358 g/mol. The van der Waals surface area contributed by atoms with Crippen LogP contribution in [-0.4, -0.2) is 50.7 Å². The Morgan fingerprint density at radius 3 is 2.74 bits per heavy atom. The fraction of sp³-hybridized carbons (Fsp3) is 0.333. The third-order valence-electron chi connectivity index (χ3n) is 4.03. The lowest BCUT2D eigenvalue weighted by Gasteiger charge is -2.23. The zero-order valence-corrected chi connectivity index (χ0v) is 14.1. The van der Waals surface area contributed by atoms with Crippen molar-refractivity contribution >= 4 is 33.2 Å². The van der Waals surface area contributed by atoms with E-state index in [0.29, 0.717) is 0 Å². The van der Waals surface area contributed by atoms with Gasteiger partial charge in [0, 0.05) is 49.2 Å². The molecule has 1 fully saturated rings. The molecule has 0 aliphatic carbocycles. The minimum absolute atomic E-state index is 0.808. The highest BCUT2D eigenvalue weighted by atomic mass is 79.9. The third kappa shape index (κ3) is 2.86. The van der Waals surface area contributed by atoms with Gasteiger partial charge in [0.25, 0.3) is 0 Å². The van der Waals surface area contributed by atoms with Crippen LogP contribution < -0.4 is 9.80 Å². The number of pyridine rings is 1. The number of rotatable bonds is 2. The predicted molar refractivity (Wildman–Crippen MR) is 91.8 cm³/mol. The molecule has 0 amide bonds. The molecule has 23 heavy (non-hydrogen) atoms. The zero-order chi connectivity index (χ0) is 15.6. The van der Waals surface area contributed by atoms with Gasteiger partial charge in [-0.3, -0.25) is 4.40 Å². The Morgan fingerprint density at radius 2 is 1.87 bits per heavy atom. The van der Waals surface area contributed by atoms with Gasteiger partial charge in [-0.25, -0.2) is 9.97 Å². The van der Waals surface area contributed by atoms with Gasteiger partial charge < -0.3 is 9.80 Å². The van der Waals surface area contributed by atoms with Gasteiger partial charge in [-0.2, -0.15) is 0 Å². The summed E-state index contributed by atoms with van der Waals surface area (Å²) in [6.07, 6.45) is 8.26. The molecule has 0 N–H and O–H groups in total. The van der Waals surface area contributed by atoms with Crippen molar-refractivity contribution in [1.29, 1.82) is 0 Å². The van der Waals surface area contributed by atoms with E-state index in [1.54, 1.807) is 12.5 Å².